The van der Waals surface area contributed by atoms with Crippen LogP contribution in [-0.2, 0) is 0 Å². The molecule has 6 nitrogen and oxygen atoms in total. The van der Waals surface area contributed by atoms with Gasteiger partial charge in [-0.05, 0) is 24.5 Å². The molecule has 18 heavy (non-hydrogen) atoms. The molecule has 1 aromatic heterocycles. The Bertz CT molecular complexity index is 415. The van der Waals surface area contributed by atoms with Crippen molar-refractivity contribution in [3.05, 3.63) is 24.0 Å². The van der Waals surface area contributed by atoms with Gasteiger partial charge in [-0.1, -0.05) is 13.8 Å². The lowest BCUT2D eigenvalue weighted by Gasteiger charge is -2.08. The van der Waals surface area contributed by atoms with Crippen LogP contribution < -0.4 is 10.6 Å². The molecule has 0 unspecified atom stereocenters. The van der Waals surface area contributed by atoms with Gasteiger partial charge in [0.25, 0.3) is 0 Å². The minimum Gasteiger partial charge on any atom is -0.477 e. The Morgan fingerprint density at radius 1 is 1.39 bits per heavy atom. The molecule has 0 saturated heterocycles. The topological polar surface area (TPSA) is 91.3 Å². The summed E-state index contributed by atoms with van der Waals surface area (Å²) in [5, 5.41) is 13.9. The van der Waals surface area contributed by atoms with Crippen molar-refractivity contribution in [3.63, 3.8) is 0 Å². The third-order valence-electron chi connectivity index (χ3n) is 2.25. The van der Waals surface area contributed by atoms with E-state index in [1.165, 1.54) is 18.3 Å². The van der Waals surface area contributed by atoms with Crippen molar-refractivity contribution >= 4 is 17.7 Å². The number of pyridine rings is 1. The van der Waals surface area contributed by atoms with Crippen LogP contribution in [0.4, 0.5) is 10.5 Å². The van der Waals surface area contributed by atoms with Crippen molar-refractivity contribution in [3.8, 4) is 0 Å². The summed E-state index contributed by atoms with van der Waals surface area (Å²) in [4.78, 5) is 25.7. The molecular weight excluding hydrogens is 234 g/mol. The molecule has 0 spiro atoms. The average Bonchev–Trinajstić information content (AvgIpc) is 2.29. The third kappa shape index (κ3) is 4.82. The molecule has 1 rings (SSSR count). The highest BCUT2D eigenvalue weighted by Crippen LogP contribution is 2.06. The smallest absolute Gasteiger partial charge is 0.354 e. The first-order chi connectivity index (χ1) is 8.49. The Labute approximate surface area is 105 Å². The zero-order valence-electron chi connectivity index (χ0n) is 10.4. The van der Waals surface area contributed by atoms with E-state index in [0.29, 0.717) is 18.2 Å². The van der Waals surface area contributed by atoms with Gasteiger partial charge < -0.3 is 15.7 Å². The molecule has 3 N–H and O–H groups in total. The van der Waals surface area contributed by atoms with Gasteiger partial charge in [0.2, 0.25) is 0 Å². The highest BCUT2D eigenvalue weighted by Gasteiger charge is 2.05. The van der Waals surface area contributed by atoms with E-state index in [0.717, 1.165) is 6.42 Å². The monoisotopic (exact) mass is 251 g/mol. The number of rotatable bonds is 5. The number of nitrogens with one attached hydrogen (secondary N) is 2. The molecule has 98 valence electrons. The molecule has 0 aliphatic carbocycles. The van der Waals surface area contributed by atoms with Gasteiger partial charge in [0, 0.05) is 6.54 Å². The van der Waals surface area contributed by atoms with E-state index >= 15 is 0 Å². The largest absolute Gasteiger partial charge is 0.477 e. The van der Waals surface area contributed by atoms with Gasteiger partial charge in [-0.25, -0.2) is 14.6 Å². The number of carboxylic acids is 1. The molecule has 6 heteroatoms. The van der Waals surface area contributed by atoms with Crippen LogP contribution in [0.15, 0.2) is 18.3 Å². The summed E-state index contributed by atoms with van der Waals surface area (Å²) < 4.78 is 0. The SMILES string of the molecule is CC(C)CCNC(=O)Nc1ccc(C(=O)O)nc1. The number of nitrogens with zero attached hydrogens (tertiary/aromatic N) is 1. The van der Waals surface area contributed by atoms with Crippen LogP contribution in [0.1, 0.15) is 30.8 Å². The van der Waals surface area contributed by atoms with Crippen molar-refractivity contribution in [2.24, 2.45) is 5.92 Å². The van der Waals surface area contributed by atoms with Gasteiger partial charge in [0.05, 0.1) is 11.9 Å². The van der Waals surface area contributed by atoms with E-state index in [2.05, 4.69) is 29.5 Å². The maximum atomic E-state index is 11.4. The summed E-state index contributed by atoms with van der Waals surface area (Å²) in [5.41, 5.74) is 0.405. The van der Waals surface area contributed by atoms with Gasteiger partial charge in [0.15, 0.2) is 0 Å². The number of amides is 2. The molecule has 0 fully saturated rings. The Morgan fingerprint density at radius 3 is 2.61 bits per heavy atom. The minimum atomic E-state index is -1.09. The van der Waals surface area contributed by atoms with E-state index in [-0.39, 0.29) is 11.7 Å². The van der Waals surface area contributed by atoms with Crippen LogP contribution >= 0.6 is 0 Å². The molecule has 0 aliphatic heterocycles. The molecule has 0 saturated carbocycles. The molecule has 0 aromatic carbocycles. The Morgan fingerprint density at radius 2 is 2.11 bits per heavy atom. The molecular formula is C12H17N3O3. The van der Waals surface area contributed by atoms with E-state index in [9.17, 15) is 9.59 Å². The first-order valence-corrected chi connectivity index (χ1v) is 5.73. The average molecular weight is 251 g/mol. The number of carbonyl (C=O) groups is 2. The standard InChI is InChI=1S/C12H17N3O3/c1-8(2)5-6-13-12(18)15-9-3-4-10(11(16)17)14-7-9/h3-4,7-8H,5-6H2,1-2H3,(H,16,17)(H2,13,15,18). The molecule has 0 atom stereocenters. The van der Waals surface area contributed by atoms with E-state index in [1.54, 1.807) is 0 Å². The molecule has 1 aromatic rings. The van der Waals surface area contributed by atoms with E-state index in [4.69, 9.17) is 5.11 Å². The summed E-state index contributed by atoms with van der Waals surface area (Å²) in [6.45, 7) is 4.76. The maximum Gasteiger partial charge on any atom is 0.354 e. The number of urea groups is 1. The van der Waals surface area contributed by atoms with Crippen molar-refractivity contribution in [1.29, 1.82) is 0 Å². The second-order valence-electron chi connectivity index (χ2n) is 4.30. The Kier molecular flexibility index (Phi) is 5.10. The van der Waals surface area contributed by atoms with Gasteiger partial charge in [-0.3, -0.25) is 0 Å². The zero-order valence-corrected chi connectivity index (χ0v) is 10.4. The van der Waals surface area contributed by atoms with Crippen molar-refractivity contribution in [2.75, 3.05) is 11.9 Å². The maximum absolute atomic E-state index is 11.4. The van der Waals surface area contributed by atoms with Crippen LogP contribution in [0.25, 0.3) is 0 Å². The summed E-state index contributed by atoms with van der Waals surface area (Å²) in [5.74, 6) is -0.565. The molecule has 0 aliphatic rings. The summed E-state index contributed by atoms with van der Waals surface area (Å²) in [6, 6.07) is 2.52. The lowest BCUT2D eigenvalue weighted by Crippen LogP contribution is -2.30. The fraction of sp³-hybridized carbons (Fsp3) is 0.417. The summed E-state index contributed by atoms with van der Waals surface area (Å²) in [7, 11) is 0. The predicted molar refractivity (Wildman–Crippen MR) is 67.7 cm³/mol. The Balaban J connectivity index is 2.42. The first kappa shape index (κ1) is 14.0. The lowest BCUT2D eigenvalue weighted by atomic mass is 10.1. The van der Waals surface area contributed by atoms with Crippen LogP contribution in [0.3, 0.4) is 0 Å². The number of hydrogen-bond acceptors (Lipinski definition) is 3. The quantitative estimate of drug-likeness (QED) is 0.745. The van der Waals surface area contributed by atoms with Crippen LogP contribution in [0, 0.1) is 5.92 Å². The Hall–Kier alpha value is -2.11. The lowest BCUT2D eigenvalue weighted by molar-refractivity contribution is 0.0690. The number of aromatic carboxylic acids is 1. The van der Waals surface area contributed by atoms with Crippen LogP contribution in [0.5, 0.6) is 0 Å². The predicted octanol–water partition coefficient (Wildman–Crippen LogP) is 1.95. The first-order valence-electron chi connectivity index (χ1n) is 5.73. The number of carbonyl (C=O) groups excluding carboxylic acids is 1. The number of anilines is 1. The van der Waals surface area contributed by atoms with Gasteiger partial charge in [-0.15, -0.1) is 0 Å². The molecule has 1 heterocycles. The van der Waals surface area contributed by atoms with Gasteiger partial charge in [0.1, 0.15) is 5.69 Å². The van der Waals surface area contributed by atoms with Crippen molar-refractivity contribution in [1.82, 2.24) is 10.3 Å². The highest BCUT2D eigenvalue weighted by atomic mass is 16.4. The van der Waals surface area contributed by atoms with E-state index < -0.39 is 5.97 Å². The zero-order chi connectivity index (χ0) is 13.5. The minimum absolute atomic E-state index is 0.0548. The third-order valence-corrected chi connectivity index (χ3v) is 2.25. The molecule has 0 radical (unpaired) electrons. The molecule has 2 amide bonds. The second kappa shape index (κ2) is 6.58. The number of carboxylic acid groups (broad SMARTS) is 1. The number of hydrogen-bond donors (Lipinski definition) is 3. The van der Waals surface area contributed by atoms with Crippen molar-refractivity contribution < 1.29 is 14.7 Å². The summed E-state index contributed by atoms with van der Waals surface area (Å²) in [6.07, 6.45) is 2.22. The summed E-state index contributed by atoms with van der Waals surface area (Å²) >= 11 is 0. The van der Waals surface area contributed by atoms with Crippen LogP contribution in [0.2, 0.25) is 0 Å². The van der Waals surface area contributed by atoms with Crippen molar-refractivity contribution in [2.45, 2.75) is 20.3 Å². The van der Waals surface area contributed by atoms with Gasteiger partial charge in [-0.2, -0.15) is 0 Å². The highest BCUT2D eigenvalue weighted by molar-refractivity contribution is 5.90. The fourth-order valence-electron chi connectivity index (χ4n) is 1.24. The normalized spacial score (nSPS) is 10.2. The second-order valence-corrected chi connectivity index (χ2v) is 4.30. The molecule has 0 bridgehead atoms. The van der Waals surface area contributed by atoms with Crippen LogP contribution in [-0.4, -0.2) is 28.6 Å². The van der Waals surface area contributed by atoms with E-state index in [1.807, 2.05) is 0 Å². The van der Waals surface area contributed by atoms with Gasteiger partial charge >= 0.3 is 12.0 Å². The number of aromatic nitrogens is 1. The fourth-order valence-corrected chi connectivity index (χ4v) is 1.24.